The maximum Gasteiger partial charge on any atom is 0.137 e. The maximum absolute atomic E-state index is 5.94. The van der Waals surface area contributed by atoms with Gasteiger partial charge in [0, 0.05) is 11.6 Å². The van der Waals surface area contributed by atoms with Crippen LogP contribution < -0.4 is 4.74 Å². The molecule has 0 aromatic carbocycles. The molecule has 0 bridgehead atoms. The Morgan fingerprint density at radius 1 is 1.14 bits per heavy atom. The first-order valence-electron chi connectivity index (χ1n) is 11.8. The molecule has 1 aliphatic rings. The van der Waals surface area contributed by atoms with Gasteiger partial charge in [0.05, 0.1) is 12.8 Å². The van der Waals surface area contributed by atoms with Crippen molar-refractivity contribution in [3.05, 3.63) is 35.7 Å². The number of unbranched alkanes of at least 4 members (excludes halogenated alkanes) is 2. The van der Waals surface area contributed by atoms with Crippen LogP contribution >= 0.6 is 0 Å². The zero-order chi connectivity index (χ0) is 20.2. The maximum atomic E-state index is 5.94. The summed E-state index contributed by atoms with van der Waals surface area (Å²) in [5, 5.41) is 0. The Morgan fingerprint density at radius 3 is 2.57 bits per heavy atom. The van der Waals surface area contributed by atoms with Gasteiger partial charge in [-0.15, -0.1) is 0 Å². The molecule has 0 unspecified atom stereocenters. The highest BCUT2D eigenvalue weighted by Gasteiger charge is 2.22. The van der Waals surface area contributed by atoms with Crippen LogP contribution in [-0.2, 0) is 0 Å². The van der Waals surface area contributed by atoms with Crippen LogP contribution in [0.4, 0.5) is 0 Å². The molecule has 0 radical (unpaired) electrons. The minimum Gasteiger partial charge on any atom is -0.492 e. The molecule has 1 saturated carbocycles. The number of nitrogens with zero attached hydrogens (tertiary/aromatic N) is 1. The zero-order valence-electron chi connectivity index (χ0n) is 18.9. The van der Waals surface area contributed by atoms with Gasteiger partial charge in [0.15, 0.2) is 0 Å². The third kappa shape index (κ3) is 8.80. The highest BCUT2D eigenvalue weighted by Crippen LogP contribution is 2.37. The number of rotatable bonds is 12. The van der Waals surface area contributed by atoms with E-state index in [9.17, 15) is 0 Å². The van der Waals surface area contributed by atoms with Crippen molar-refractivity contribution in [2.45, 2.75) is 104 Å². The fraction of sp³-hybridized carbons (Fsp3) is 0.731. The van der Waals surface area contributed by atoms with Gasteiger partial charge in [-0.25, -0.2) is 0 Å². The molecular weight excluding hydrogens is 342 g/mol. The molecule has 28 heavy (non-hydrogen) atoms. The molecule has 0 amide bonds. The lowest BCUT2D eigenvalue weighted by molar-refractivity contribution is 0.277. The van der Waals surface area contributed by atoms with Gasteiger partial charge in [-0.3, -0.25) is 4.98 Å². The quantitative estimate of drug-likeness (QED) is 0.268. The van der Waals surface area contributed by atoms with Crippen molar-refractivity contribution in [3.63, 3.8) is 0 Å². The summed E-state index contributed by atoms with van der Waals surface area (Å²) in [5.74, 6) is 3.25. The minimum atomic E-state index is 0.659. The van der Waals surface area contributed by atoms with E-state index in [0.29, 0.717) is 11.8 Å². The van der Waals surface area contributed by atoms with Crippen LogP contribution in [0.3, 0.4) is 0 Å². The van der Waals surface area contributed by atoms with E-state index in [0.717, 1.165) is 24.7 Å². The van der Waals surface area contributed by atoms with Gasteiger partial charge < -0.3 is 4.74 Å². The van der Waals surface area contributed by atoms with Gasteiger partial charge in [0.25, 0.3) is 0 Å². The largest absolute Gasteiger partial charge is 0.492 e. The fourth-order valence-corrected chi connectivity index (χ4v) is 4.33. The lowest BCUT2D eigenvalue weighted by Crippen LogP contribution is -2.14. The topological polar surface area (TPSA) is 22.1 Å². The first-order valence-corrected chi connectivity index (χ1v) is 11.8. The van der Waals surface area contributed by atoms with Gasteiger partial charge in [-0.1, -0.05) is 51.2 Å². The molecular formula is C26H43NO. The predicted molar refractivity (Wildman–Crippen MR) is 121 cm³/mol. The van der Waals surface area contributed by atoms with Crippen LogP contribution in [0.1, 0.15) is 110 Å². The van der Waals surface area contributed by atoms with Gasteiger partial charge >= 0.3 is 0 Å². The number of aromatic nitrogens is 1. The molecule has 1 heterocycles. The highest BCUT2D eigenvalue weighted by molar-refractivity contribution is 5.22. The summed E-state index contributed by atoms with van der Waals surface area (Å²) in [4.78, 5) is 4.74. The Labute approximate surface area is 174 Å². The van der Waals surface area contributed by atoms with E-state index in [1.165, 1.54) is 75.5 Å². The Kier molecular flexibility index (Phi) is 10.7. The zero-order valence-corrected chi connectivity index (χ0v) is 18.9. The lowest BCUT2D eigenvalue weighted by atomic mass is 9.78. The van der Waals surface area contributed by atoms with E-state index in [2.05, 4.69) is 45.9 Å². The standard InChI is InChI=1S/C26H43NO/c1-5-6-7-11-23-12-14-24(15-13-23)26-17-16-25(20-27-26)28-19-18-22(4)10-8-9-21(2)3/h9,16-17,20,22-24H,5-8,10-15,18-19H2,1-4H3/t22-,23-,24-/m0/s1. The van der Waals surface area contributed by atoms with Crippen molar-refractivity contribution >= 4 is 0 Å². The minimum absolute atomic E-state index is 0.659. The second-order valence-electron chi connectivity index (χ2n) is 9.23. The summed E-state index contributed by atoms with van der Waals surface area (Å²) in [6.07, 6.45) is 18.8. The summed E-state index contributed by atoms with van der Waals surface area (Å²) in [7, 11) is 0. The molecule has 1 fully saturated rings. The average molecular weight is 386 g/mol. The lowest BCUT2D eigenvalue weighted by Gasteiger charge is -2.28. The van der Waals surface area contributed by atoms with E-state index in [1.807, 2.05) is 6.20 Å². The molecule has 0 aliphatic heterocycles. The van der Waals surface area contributed by atoms with Crippen LogP contribution in [0.2, 0.25) is 0 Å². The molecule has 1 atom stereocenters. The van der Waals surface area contributed by atoms with Crippen molar-refractivity contribution in [1.82, 2.24) is 4.98 Å². The number of pyridine rings is 1. The second-order valence-corrected chi connectivity index (χ2v) is 9.23. The average Bonchev–Trinajstić information content (AvgIpc) is 2.69. The van der Waals surface area contributed by atoms with E-state index < -0.39 is 0 Å². The molecule has 158 valence electrons. The van der Waals surface area contributed by atoms with Crippen molar-refractivity contribution < 1.29 is 4.74 Å². The third-order valence-corrected chi connectivity index (χ3v) is 6.33. The van der Waals surface area contributed by atoms with Gasteiger partial charge in [0.2, 0.25) is 0 Å². The van der Waals surface area contributed by atoms with E-state index in [4.69, 9.17) is 9.72 Å². The van der Waals surface area contributed by atoms with Crippen LogP contribution in [0, 0.1) is 11.8 Å². The van der Waals surface area contributed by atoms with Crippen molar-refractivity contribution in [2.24, 2.45) is 11.8 Å². The monoisotopic (exact) mass is 385 g/mol. The molecule has 0 spiro atoms. The smallest absolute Gasteiger partial charge is 0.137 e. The molecule has 0 N–H and O–H groups in total. The van der Waals surface area contributed by atoms with E-state index in [1.54, 1.807) is 0 Å². The van der Waals surface area contributed by atoms with Crippen LogP contribution in [0.15, 0.2) is 30.0 Å². The Hall–Kier alpha value is -1.31. The third-order valence-electron chi connectivity index (χ3n) is 6.33. The SMILES string of the molecule is CCCCC[C@H]1CC[C@H](c2ccc(OCC[C@@H](C)CCC=C(C)C)cn2)CC1. The van der Waals surface area contributed by atoms with Crippen molar-refractivity contribution in [3.8, 4) is 5.75 Å². The molecule has 1 aliphatic carbocycles. The first-order chi connectivity index (χ1) is 13.6. The number of hydrogen-bond acceptors (Lipinski definition) is 2. The molecule has 2 rings (SSSR count). The van der Waals surface area contributed by atoms with Crippen LogP contribution in [-0.4, -0.2) is 11.6 Å². The molecule has 1 aromatic rings. The molecule has 2 heteroatoms. The first kappa shape index (κ1) is 23.0. The Morgan fingerprint density at radius 2 is 1.93 bits per heavy atom. The Balaban J connectivity index is 1.66. The summed E-state index contributed by atoms with van der Waals surface area (Å²) in [5.41, 5.74) is 2.69. The number of hydrogen-bond donors (Lipinski definition) is 0. The van der Waals surface area contributed by atoms with Crippen molar-refractivity contribution in [1.29, 1.82) is 0 Å². The number of allylic oxidation sites excluding steroid dienone is 2. The fourth-order valence-electron chi connectivity index (χ4n) is 4.33. The highest BCUT2D eigenvalue weighted by atomic mass is 16.5. The van der Waals surface area contributed by atoms with Crippen LogP contribution in [0.25, 0.3) is 0 Å². The summed E-state index contributed by atoms with van der Waals surface area (Å²) < 4.78 is 5.94. The van der Waals surface area contributed by atoms with E-state index >= 15 is 0 Å². The van der Waals surface area contributed by atoms with E-state index in [-0.39, 0.29) is 0 Å². The van der Waals surface area contributed by atoms with Crippen LogP contribution in [0.5, 0.6) is 5.75 Å². The van der Waals surface area contributed by atoms with Gasteiger partial charge in [-0.05, 0) is 82.8 Å². The predicted octanol–water partition coefficient (Wildman–Crippen LogP) is 8.09. The summed E-state index contributed by atoms with van der Waals surface area (Å²) in [6, 6.07) is 4.33. The molecule has 2 nitrogen and oxygen atoms in total. The number of ether oxygens (including phenoxy) is 1. The molecule has 1 aromatic heterocycles. The summed E-state index contributed by atoms with van der Waals surface area (Å²) in [6.45, 7) is 9.75. The van der Waals surface area contributed by atoms with Gasteiger partial charge in [-0.2, -0.15) is 0 Å². The van der Waals surface area contributed by atoms with Crippen molar-refractivity contribution in [2.75, 3.05) is 6.61 Å². The molecule has 0 saturated heterocycles. The normalized spacial score (nSPS) is 20.6. The summed E-state index contributed by atoms with van der Waals surface area (Å²) >= 11 is 0. The second kappa shape index (κ2) is 13.0. The Bertz CT molecular complexity index is 550. The van der Waals surface area contributed by atoms with Gasteiger partial charge in [0.1, 0.15) is 5.75 Å².